The van der Waals surface area contributed by atoms with E-state index < -0.39 is 10.8 Å². The maximum Gasteiger partial charge on any atom is 0.0488 e. The van der Waals surface area contributed by atoms with Gasteiger partial charge in [0.05, 0.1) is 0 Å². The summed E-state index contributed by atoms with van der Waals surface area (Å²) < 4.78 is 11.8. The molecular weight excluding hydrogens is 218 g/mol. The second-order valence-electron chi connectivity index (χ2n) is 4.47. The molecule has 3 heteroatoms. The zero-order valence-electron chi connectivity index (χ0n) is 10.3. The van der Waals surface area contributed by atoms with Gasteiger partial charge < -0.3 is 5.73 Å². The maximum atomic E-state index is 11.8. The molecule has 0 fully saturated rings. The second-order valence-corrected chi connectivity index (χ2v) is 6.32. The molecule has 90 valence electrons. The normalized spacial score (nSPS) is 15.1. The molecule has 16 heavy (non-hydrogen) atoms. The van der Waals surface area contributed by atoms with Crippen LogP contribution in [0, 0.1) is 0 Å². The quantitative estimate of drug-likeness (QED) is 0.857. The summed E-state index contributed by atoms with van der Waals surface area (Å²) in [4.78, 5) is 0. The molecule has 0 aliphatic heterocycles. The van der Waals surface area contributed by atoms with E-state index in [4.69, 9.17) is 5.73 Å². The highest BCUT2D eigenvalue weighted by atomic mass is 32.2. The number of nitrogens with two attached hydrogens (primary N) is 1. The summed E-state index contributed by atoms with van der Waals surface area (Å²) in [6, 6.07) is 8.36. The van der Waals surface area contributed by atoms with Crippen molar-refractivity contribution in [2.75, 3.05) is 6.54 Å². The topological polar surface area (TPSA) is 43.1 Å². The van der Waals surface area contributed by atoms with Gasteiger partial charge in [0.25, 0.3) is 0 Å². The van der Waals surface area contributed by atoms with Gasteiger partial charge in [-0.1, -0.05) is 38.1 Å². The van der Waals surface area contributed by atoms with E-state index in [-0.39, 0.29) is 5.25 Å². The average molecular weight is 239 g/mol. The molecule has 0 spiro atoms. The van der Waals surface area contributed by atoms with Crippen LogP contribution in [0.25, 0.3) is 0 Å². The maximum absolute atomic E-state index is 11.8. The number of benzene rings is 1. The van der Waals surface area contributed by atoms with Gasteiger partial charge in [-0.3, -0.25) is 4.21 Å². The molecular formula is C13H21NOS. The summed E-state index contributed by atoms with van der Waals surface area (Å²) in [7, 11) is -0.858. The molecule has 1 rings (SSSR count). The Labute approximate surface area is 101 Å². The number of hydrogen-bond acceptors (Lipinski definition) is 2. The van der Waals surface area contributed by atoms with Crippen LogP contribution in [-0.4, -0.2) is 16.0 Å². The van der Waals surface area contributed by atoms with Crippen molar-refractivity contribution in [3.63, 3.8) is 0 Å². The summed E-state index contributed by atoms with van der Waals surface area (Å²) in [5.41, 5.74) is 7.95. The predicted octanol–water partition coefficient (Wildman–Crippen LogP) is 2.41. The molecule has 0 aliphatic carbocycles. The van der Waals surface area contributed by atoms with Crippen molar-refractivity contribution >= 4 is 10.8 Å². The van der Waals surface area contributed by atoms with Crippen LogP contribution in [0.5, 0.6) is 0 Å². The molecule has 0 aliphatic rings. The molecule has 1 aromatic carbocycles. The first kappa shape index (κ1) is 13.4. The lowest BCUT2D eigenvalue weighted by molar-refractivity contribution is 0.672. The van der Waals surface area contributed by atoms with E-state index in [2.05, 4.69) is 38.1 Å². The zero-order chi connectivity index (χ0) is 12.1. The third-order valence-electron chi connectivity index (χ3n) is 2.74. The van der Waals surface area contributed by atoms with Gasteiger partial charge in [-0.25, -0.2) is 0 Å². The minimum absolute atomic E-state index is 0.0739. The fourth-order valence-corrected chi connectivity index (χ4v) is 2.43. The van der Waals surface area contributed by atoms with Crippen LogP contribution in [0.15, 0.2) is 24.3 Å². The summed E-state index contributed by atoms with van der Waals surface area (Å²) in [5.74, 6) is 1.15. The van der Waals surface area contributed by atoms with Crippen LogP contribution < -0.4 is 5.73 Å². The molecule has 2 N–H and O–H groups in total. The molecule has 0 amide bonds. The molecule has 2 unspecified atom stereocenters. The molecule has 0 heterocycles. The molecule has 2 atom stereocenters. The molecule has 0 saturated heterocycles. The van der Waals surface area contributed by atoms with Crippen LogP contribution in [0.4, 0.5) is 0 Å². The Morgan fingerprint density at radius 2 is 1.75 bits per heavy atom. The van der Waals surface area contributed by atoms with E-state index in [1.54, 1.807) is 0 Å². The van der Waals surface area contributed by atoms with Gasteiger partial charge in [0.1, 0.15) is 0 Å². The predicted molar refractivity (Wildman–Crippen MR) is 70.9 cm³/mol. The average Bonchev–Trinajstić information content (AvgIpc) is 2.28. The molecule has 0 bridgehead atoms. The van der Waals surface area contributed by atoms with Gasteiger partial charge in [-0.05, 0) is 24.0 Å². The first-order valence-corrected chi connectivity index (χ1v) is 7.09. The SMILES string of the molecule is CC(C)c1ccc(CS(=O)C(C)CN)cc1. The van der Waals surface area contributed by atoms with E-state index >= 15 is 0 Å². The molecule has 0 aromatic heterocycles. The van der Waals surface area contributed by atoms with E-state index in [0.717, 1.165) is 5.56 Å². The summed E-state index contributed by atoms with van der Waals surface area (Å²) >= 11 is 0. The van der Waals surface area contributed by atoms with Gasteiger partial charge >= 0.3 is 0 Å². The summed E-state index contributed by atoms with van der Waals surface area (Å²) in [6.07, 6.45) is 0. The third-order valence-corrected chi connectivity index (χ3v) is 4.44. The Hall–Kier alpha value is -0.670. The fourth-order valence-electron chi connectivity index (χ4n) is 1.41. The lowest BCUT2D eigenvalue weighted by Crippen LogP contribution is -2.22. The van der Waals surface area contributed by atoms with Gasteiger partial charge in [0.15, 0.2) is 0 Å². The van der Waals surface area contributed by atoms with Crippen molar-refractivity contribution in [2.24, 2.45) is 5.73 Å². The van der Waals surface area contributed by atoms with Crippen molar-refractivity contribution in [3.8, 4) is 0 Å². The lowest BCUT2D eigenvalue weighted by atomic mass is 10.0. The minimum Gasteiger partial charge on any atom is -0.329 e. The Morgan fingerprint density at radius 3 is 2.19 bits per heavy atom. The molecule has 0 saturated carbocycles. The highest BCUT2D eigenvalue weighted by Crippen LogP contribution is 2.16. The van der Waals surface area contributed by atoms with Crippen molar-refractivity contribution in [1.29, 1.82) is 0 Å². The van der Waals surface area contributed by atoms with E-state index in [1.807, 2.05) is 6.92 Å². The van der Waals surface area contributed by atoms with Crippen molar-refractivity contribution in [3.05, 3.63) is 35.4 Å². The van der Waals surface area contributed by atoms with E-state index in [9.17, 15) is 4.21 Å². The van der Waals surface area contributed by atoms with Crippen LogP contribution in [0.2, 0.25) is 0 Å². The van der Waals surface area contributed by atoms with Crippen molar-refractivity contribution < 1.29 is 4.21 Å². The van der Waals surface area contributed by atoms with E-state index in [1.165, 1.54) is 5.56 Å². The molecule has 1 aromatic rings. The standard InChI is InChI=1S/C13H21NOS/c1-10(2)13-6-4-12(5-7-13)9-16(15)11(3)8-14/h4-7,10-11H,8-9,14H2,1-3H3. The molecule has 2 nitrogen and oxygen atoms in total. The summed E-state index contributed by atoms with van der Waals surface area (Å²) in [6.45, 7) is 6.75. The highest BCUT2D eigenvalue weighted by molar-refractivity contribution is 7.84. The fraction of sp³-hybridized carbons (Fsp3) is 0.538. The highest BCUT2D eigenvalue weighted by Gasteiger charge is 2.09. The van der Waals surface area contributed by atoms with Crippen LogP contribution in [0.3, 0.4) is 0 Å². The van der Waals surface area contributed by atoms with E-state index in [0.29, 0.717) is 18.2 Å². The first-order chi connectivity index (χ1) is 7.54. The van der Waals surface area contributed by atoms with Gasteiger partial charge in [0, 0.05) is 28.3 Å². The van der Waals surface area contributed by atoms with Crippen molar-refractivity contribution in [1.82, 2.24) is 0 Å². The largest absolute Gasteiger partial charge is 0.329 e. The third kappa shape index (κ3) is 3.72. The van der Waals surface area contributed by atoms with Gasteiger partial charge in [-0.2, -0.15) is 0 Å². The van der Waals surface area contributed by atoms with Gasteiger partial charge in [0.2, 0.25) is 0 Å². The Morgan fingerprint density at radius 1 is 1.19 bits per heavy atom. The van der Waals surface area contributed by atoms with Crippen molar-refractivity contribution in [2.45, 2.75) is 37.7 Å². The lowest BCUT2D eigenvalue weighted by Gasteiger charge is -2.10. The van der Waals surface area contributed by atoms with Gasteiger partial charge in [-0.15, -0.1) is 0 Å². The Bertz CT molecular complexity index is 345. The summed E-state index contributed by atoms with van der Waals surface area (Å²) in [5, 5.41) is 0.0739. The monoisotopic (exact) mass is 239 g/mol. The Balaban J connectivity index is 2.65. The van der Waals surface area contributed by atoms with Crippen LogP contribution >= 0.6 is 0 Å². The second kappa shape index (κ2) is 6.16. The Kier molecular flexibility index (Phi) is 5.16. The van der Waals surface area contributed by atoms with Crippen LogP contribution in [-0.2, 0) is 16.6 Å². The smallest absolute Gasteiger partial charge is 0.0488 e. The van der Waals surface area contributed by atoms with Crippen LogP contribution in [0.1, 0.15) is 37.8 Å². The zero-order valence-corrected chi connectivity index (χ0v) is 11.1. The minimum atomic E-state index is -0.858. The molecule has 0 radical (unpaired) electrons. The number of rotatable bonds is 5. The number of hydrogen-bond donors (Lipinski definition) is 1. The first-order valence-electron chi connectivity index (χ1n) is 5.70.